The third kappa shape index (κ3) is 3.73. The summed E-state index contributed by atoms with van der Waals surface area (Å²) >= 11 is 0. The molecule has 1 aromatic carbocycles. The number of hydrogen-bond donors (Lipinski definition) is 0. The maximum Gasteiger partial charge on any atom is 0.0948 e. The van der Waals surface area contributed by atoms with E-state index in [1.807, 2.05) is 12.5 Å². The zero-order chi connectivity index (χ0) is 13.0. The maximum atomic E-state index is 4.28. The lowest BCUT2D eigenvalue weighted by atomic mass is 9.92. The number of aryl methyl sites for hydroxylation is 1. The summed E-state index contributed by atoms with van der Waals surface area (Å²) in [5.74, 6) is 0. The highest BCUT2D eigenvalue weighted by atomic mass is 15.0. The highest BCUT2D eigenvalue weighted by Gasteiger charge is 2.11. The largest absolute Gasteiger partial charge is 0.334 e. The van der Waals surface area contributed by atoms with E-state index in [9.17, 15) is 0 Å². The van der Waals surface area contributed by atoms with E-state index in [-0.39, 0.29) is 0 Å². The SMILES string of the molecule is CC(C)(C)CCn1cncc1Cc1ccccc1. The van der Waals surface area contributed by atoms with Gasteiger partial charge in [-0.05, 0) is 17.4 Å². The highest BCUT2D eigenvalue weighted by molar-refractivity contribution is 5.20. The second kappa shape index (κ2) is 5.38. The van der Waals surface area contributed by atoms with Gasteiger partial charge in [-0.2, -0.15) is 0 Å². The molecule has 1 aromatic heterocycles. The third-order valence-corrected chi connectivity index (χ3v) is 3.13. The lowest BCUT2D eigenvalue weighted by Crippen LogP contribution is -2.11. The van der Waals surface area contributed by atoms with Crippen LogP contribution in [-0.2, 0) is 13.0 Å². The summed E-state index contributed by atoms with van der Waals surface area (Å²) in [5.41, 5.74) is 3.01. The van der Waals surface area contributed by atoms with Crippen molar-refractivity contribution in [2.45, 2.75) is 40.2 Å². The molecule has 0 aliphatic carbocycles. The van der Waals surface area contributed by atoms with E-state index in [1.54, 1.807) is 0 Å². The summed E-state index contributed by atoms with van der Waals surface area (Å²) in [4.78, 5) is 4.28. The van der Waals surface area contributed by atoms with Crippen molar-refractivity contribution in [3.63, 3.8) is 0 Å². The fraction of sp³-hybridized carbons (Fsp3) is 0.438. The second-order valence-corrected chi connectivity index (χ2v) is 6.05. The van der Waals surface area contributed by atoms with Crippen LogP contribution < -0.4 is 0 Å². The Morgan fingerprint density at radius 1 is 1.11 bits per heavy atom. The van der Waals surface area contributed by atoms with E-state index in [0.29, 0.717) is 5.41 Å². The first kappa shape index (κ1) is 12.9. The molecular formula is C16H22N2. The molecule has 0 aliphatic rings. The van der Waals surface area contributed by atoms with Gasteiger partial charge in [0.15, 0.2) is 0 Å². The van der Waals surface area contributed by atoms with E-state index in [2.05, 4.69) is 60.7 Å². The van der Waals surface area contributed by atoms with Gasteiger partial charge in [0.05, 0.1) is 6.33 Å². The Labute approximate surface area is 110 Å². The predicted molar refractivity (Wildman–Crippen MR) is 75.5 cm³/mol. The van der Waals surface area contributed by atoms with Crippen molar-refractivity contribution in [3.05, 3.63) is 54.1 Å². The van der Waals surface area contributed by atoms with Crippen LogP contribution >= 0.6 is 0 Å². The van der Waals surface area contributed by atoms with Gasteiger partial charge >= 0.3 is 0 Å². The number of imidazole rings is 1. The highest BCUT2D eigenvalue weighted by Crippen LogP contribution is 2.20. The zero-order valence-corrected chi connectivity index (χ0v) is 11.6. The smallest absolute Gasteiger partial charge is 0.0948 e. The van der Waals surface area contributed by atoms with Crippen LogP contribution in [0.4, 0.5) is 0 Å². The van der Waals surface area contributed by atoms with Crippen LogP contribution in [0, 0.1) is 5.41 Å². The number of aromatic nitrogens is 2. The van der Waals surface area contributed by atoms with E-state index >= 15 is 0 Å². The molecule has 0 bridgehead atoms. The first-order valence-corrected chi connectivity index (χ1v) is 6.57. The van der Waals surface area contributed by atoms with Gasteiger partial charge < -0.3 is 4.57 Å². The zero-order valence-electron chi connectivity index (χ0n) is 11.6. The minimum Gasteiger partial charge on any atom is -0.334 e. The van der Waals surface area contributed by atoms with E-state index in [1.165, 1.54) is 17.7 Å². The standard InChI is InChI=1S/C16H22N2/c1-16(2,3)9-10-18-13-17-12-15(18)11-14-7-5-4-6-8-14/h4-8,12-13H,9-11H2,1-3H3. The van der Waals surface area contributed by atoms with Crippen LogP contribution in [0.3, 0.4) is 0 Å². The van der Waals surface area contributed by atoms with Crippen molar-refractivity contribution in [2.24, 2.45) is 5.41 Å². The topological polar surface area (TPSA) is 17.8 Å². The average Bonchev–Trinajstić information content (AvgIpc) is 2.74. The number of hydrogen-bond acceptors (Lipinski definition) is 1. The van der Waals surface area contributed by atoms with Gasteiger partial charge in [0.1, 0.15) is 0 Å². The molecule has 0 saturated carbocycles. The van der Waals surface area contributed by atoms with Gasteiger partial charge in [-0.15, -0.1) is 0 Å². The van der Waals surface area contributed by atoms with Gasteiger partial charge in [-0.1, -0.05) is 51.1 Å². The summed E-state index contributed by atoms with van der Waals surface area (Å²) in [5, 5.41) is 0. The van der Waals surface area contributed by atoms with Gasteiger partial charge in [0, 0.05) is 24.9 Å². The van der Waals surface area contributed by atoms with Crippen molar-refractivity contribution < 1.29 is 0 Å². The Morgan fingerprint density at radius 3 is 2.50 bits per heavy atom. The quantitative estimate of drug-likeness (QED) is 0.795. The minimum absolute atomic E-state index is 0.369. The lowest BCUT2D eigenvalue weighted by molar-refractivity contribution is 0.348. The van der Waals surface area contributed by atoms with Crippen LogP contribution in [0.15, 0.2) is 42.9 Å². The van der Waals surface area contributed by atoms with Crippen molar-refractivity contribution in [1.29, 1.82) is 0 Å². The Bertz CT molecular complexity index is 477. The van der Waals surface area contributed by atoms with Crippen LogP contribution in [0.25, 0.3) is 0 Å². The molecule has 0 fully saturated rings. The number of rotatable bonds is 4. The van der Waals surface area contributed by atoms with E-state index < -0.39 is 0 Å². The first-order chi connectivity index (χ1) is 8.54. The molecule has 2 aromatic rings. The molecule has 0 aliphatic heterocycles. The summed E-state index contributed by atoms with van der Waals surface area (Å²) in [6.45, 7) is 7.88. The van der Waals surface area contributed by atoms with Crippen LogP contribution in [0.1, 0.15) is 38.4 Å². The Kier molecular flexibility index (Phi) is 3.85. The van der Waals surface area contributed by atoms with Crippen molar-refractivity contribution in [2.75, 3.05) is 0 Å². The summed E-state index contributed by atoms with van der Waals surface area (Å²) in [6.07, 6.45) is 6.07. The van der Waals surface area contributed by atoms with E-state index in [0.717, 1.165) is 13.0 Å². The molecular weight excluding hydrogens is 220 g/mol. The minimum atomic E-state index is 0.369. The van der Waals surface area contributed by atoms with Crippen molar-refractivity contribution in [1.82, 2.24) is 9.55 Å². The van der Waals surface area contributed by atoms with Gasteiger partial charge in [0.2, 0.25) is 0 Å². The van der Waals surface area contributed by atoms with E-state index in [4.69, 9.17) is 0 Å². The predicted octanol–water partition coefficient (Wildman–Crippen LogP) is 3.91. The molecule has 0 atom stereocenters. The Hall–Kier alpha value is -1.57. The van der Waals surface area contributed by atoms with Crippen molar-refractivity contribution >= 4 is 0 Å². The van der Waals surface area contributed by atoms with Gasteiger partial charge in [-0.25, -0.2) is 4.98 Å². The average molecular weight is 242 g/mol. The lowest BCUT2D eigenvalue weighted by Gasteiger charge is -2.19. The molecule has 0 saturated heterocycles. The first-order valence-electron chi connectivity index (χ1n) is 6.57. The molecule has 0 radical (unpaired) electrons. The Morgan fingerprint density at radius 2 is 1.83 bits per heavy atom. The van der Waals surface area contributed by atoms with Gasteiger partial charge in [0.25, 0.3) is 0 Å². The second-order valence-electron chi connectivity index (χ2n) is 6.05. The molecule has 2 heteroatoms. The van der Waals surface area contributed by atoms with Crippen LogP contribution in [-0.4, -0.2) is 9.55 Å². The normalized spacial score (nSPS) is 11.7. The molecule has 0 unspecified atom stereocenters. The Balaban J connectivity index is 2.04. The summed E-state index contributed by atoms with van der Waals surface area (Å²) in [7, 11) is 0. The fourth-order valence-electron chi connectivity index (χ4n) is 1.96. The molecule has 0 spiro atoms. The fourth-order valence-corrected chi connectivity index (χ4v) is 1.96. The molecule has 0 amide bonds. The molecule has 2 rings (SSSR count). The van der Waals surface area contributed by atoms with Crippen LogP contribution in [0.5, 0.6) is 0 Å². The molecule has 0 N–H and O–H groups in total. The third-order valence-electron chi connectivity index (χ3n) is 3.13. The molecule has 18 heavy (non-hydrogen) atoms. The molecule has 96 valence electrons. The molecule has 2 nitrogen and oxygen atoms in total. The maximum absolute atomic E-state index is 4.28. The number of benzene rings is 1. The van der Waals surface area contributed by atoms with Crippen molar-refractivity contribution in [3.8, 4) is 0 Å². The van der Waals surface area contributed by atoms with Gasteiger partial charge in [-0.3, -0.25) is 0 Å². The number of nitrogens with zero attached hydrogens (tertiary/aromatic N) is 2. The van der Waals surface area contributed by atoms with Crippen LogP contribution in [0.2, 0.25) is 0 Å². The summed E-state index contributed by atoms with van der Waals surface area (Å²) in [6, 6.07) is 10.6. The summed E-state index contributed by atoms with van der Waals surface area (Å²) < 4.78 is 2.28. The molecule has 1 heterocycles. The monoisotopic (exact) mass is 242 g/mol.